The summed E-state index contributed by atoms with van der Waals surface area (Å²) in [5.41, 5.74) is 0.813. The molecule has 11 nitrogen and oxygen atoms in total. The molecule has 190 valence electrons. The molecular formula is C25H24N6O5S. The van der Waals surface area contributed by atoms with Crippen molar-refractivity contribution in [3.05, 3.63) is 104 Å². The number of aromatic nitrogens is 4. The predicted octanol–water partition coefficient (Wildman–Crippen LogP) is 2.44. The molecule has 0 saturated heterocycles. The minimum Gasteiger partial charge on any atom is -0.494 e. The number of nitrogens with zero attached hydrogens (tertiary/aromatic N) is 4. The van der Waals surface area contributed by atoms with E-state index < -0.39 is 27.2 Å². The second-order valence-electron chi connectivity index (χ2n) is 8.22. The van der Waals surface area contributed by atoms with Crippen molar-refractivity contribution in [3.63, 3.8) is 0 Å². The Labute approximate surface area is 212 Å². The van der Waals surface area contributed by atoms with E-state index in [-0.39, 0.29) is 23.0 Å². The number of sulfonamides is 1. The molecule has 0 aliphatic heterocycles. The van der Waals surface area contributed by atoms with Crippen LogP contribution in [0.5, 0.6) is 5.88 Å². The summed E-state index contributed by atoms with van der Waals surface area (Å²) in [6.45, 7) is 3.62. The van der Waals surface area contributed by atoms with Gasteiger partial charge in [0.05, 0.1) is 10.6 Å². The van der Waals surface area contributed by atoms with Crippen molar-refractivity contribution in [1.29, 1.82) is 0 Å². The van der Waals surface area contributed by atoms with Gasteiger partial charge in [-0.15, -0.1) is 0 Å². The SMILES string of the molecule is Cc1cc(C)nc(NS(=O)(=O)c2ccc(N=Cc3c(O)n(CCc4ccccc4)c(=O)[nH]c3=O)cc2)n1. The summed E-state index contributed by atoms with van der Waals surface area (Å²) in [6, 6.07) is 16.7. The molecule has 2 heterocycles. The number of nitrogens with one attached hydrogen (secondary N) is 2. The second kappa shape index (κ2) is 10.6. The number of aromatic amines is 1. The van der Waals surface area contributed by atoms with Gasteiger partial charge in [-0.2, -0.15) is 0 Å². The third kappa shape index (κ3) is 6.16. The number of anilines is 1. The quantitative estimate of drug-likeness (QED) is 0.301. The average Bonchev–Trinajstić information content (AvgIpc) is 2.83. The van der Waals surface area contributed by atoms with Crippen LogP contribution in [0.4, 0.5) is 11.6 Å². The molecule has 0 spiro atoms. The number of aromatic hydroxyl groups is 1. The third-order valence-electron chi connectivity index (χ3n) is 5.37. The van der Waals surface area contributed by atoms with Crippen molar-refractivity contribution < 1.29 is 13.5 Å². The molecule has 0 atom stereocenters. The van der Waals surface area contributed by atoms with Crippen LogP contribution in [0.3, 0.4) is 0 Å². The number of rotatable bonds is 8. The normalized spacial score (nSPS) is 11.6. The van der Waals surface area contributed by atoms with Crippen LogP contribution in [0.2, 0.25) is 0 Å². The van der Waals surface area contributed by atoms with Crippen molar-refractivity contribution in [2.45, 2.75) is 31.7 Å². The van der Waals surface area contributed by atoms with E-state index in [0.29, 0.717) is 23.5 Å². The highest BCUT2D eigenvalue weighted by Crippen LogP contribution is 2.19. The summed E-state index contributed by atoms with van der Waals surface area (Å²) < 4.78 is 28.8. The summed E-state index contributed by atoms with van der Waals surface area (Å²) >= 11 is 0. The minimum atomic E-state index is -3.94. The van der Waals surface area contributed by atoms with Crippen LogP contribution in [-0.2, 0) is 23.0 Å². The van der Waals surface area contributed by atoms with Gasteiger partial charge in [0.1, 0.15) is 5.56 Å². The summed E-state index contributed by atoms with van der Waals surface area (Å²) in [6.07, 6.45) is 1.59. The molecular weight excluding hydrogens is 496 g/mol. The van der Waals surface area contributed by atoms with Gasteiger partial charge in [-0.1, -0.05) is 30.3 Å². The molecule has 4 rings (SSSR count). The zero-order valence-corrected chi connectivity index (χ0v) is 20.9. The Morgan fingerprint density at radius 3 is 2.32 bits per heavy atom. The van der Waals surface area contributed by atoms with Crippen LogP contribution in [-0.4, -0.2) is 39.3 Å². The number of hydrogen-bond acceptors (Lipinski definition) is 8. The first-order valence-electron chi connectivity index (χ1n) is 11.2. The van der Waals surface area contributed by atoms with E-state index in [2.05, 4.69) is 24.7 Å². The van der Waals surface area contributed by atoms with Crippen LogP contribution in [0, 0.1) is 13.8 Å². The first kappa shape index (κ1) is 25.5. The maximum atomic E-state index is 12.7. The number of aliphatic imine (C=N–C) groups is 1. The Morgan fingerprint density at radius 2 is 1.68 bits per heavy atom. The molecule has 0 aliphatic carbocycles. The second-order valence-corrected chi connectivity index (χ2v) is 9.90. The summed E-state index contributed by atoms with van der Waals surface area (Å²) in [4.78, 5) is 39.0. The standard InChI is InChI=1S/C25H24N6O5S/c1-16-14-17(2)28-24(27-16)30-37(35,36)20-10-8-19(9-11-20)26-15-21-22(32)29-25(34)31(23(21)33)13-12-18-6-4-3-5-7-18/h3-11,14-15,33H,12-13H2,1-2H3,(H,27,28,30)(H,29,32,34). The van der Waals surface area contributed by atoms with Gasteiger partial charge in [-0.25, -0.2) is 27.9 Å². The fourth-order valence-corrected chi connectivity index (χ4v) is 4.53. The van der Waals surface area contributed by atoms with Gasteiger partial charge < -0.3 is 5.11 Å². The Morgan fingerprint density at radius 1 is 1.03 bits per heavy atom. The first-order valence-corrected chi connectivity index (χ1v) is 12.7. The van der Waals surface area contributed by atoms with E-state index in [9.17, 15) is 23.1 Å². The molecule has 0 bridgehead atoms. The molecule has 2 aromatic carbocycles. The maximum absolute atomic E-state index is 12.7. The highest BCUT2D eigenvalue weighted by Gasteiger charge is 2.16. The van der Waals surface area contributed by atoms with E-state index in [0.717, 1.165) is 16.3 Å². The third-order valence-corrected chi connectivity index (χ3v) is 6.72. The molecule has 3 N–H and O–H groups in total. The Kier molecular flexibility index (Phi) is 7.30. The zero-order valence-electron chi connectivity index (χ0n) is 20.0. The van der Waals surface area contributed by atoms with Crippen LogP contribution in [0.15, 0.2) is 80.1 Å². The number of aryl methyl sites for hydroxylation is 3. The fourth-order valence-electron chi connectivity index (χ4n) is 3.59. The smallest absolute Gasteiger partial charge is 0.331 e. The van der Waals surface area contributed by atoms with Crippen LogP contribution >= 0.6 is 0 Å². The average molecular weight is 521 g/mol. The molecule has 0 aliphatic rings. The summed E-state index contributed by atoms with van der Waals surface area (Å²) in [5, 5.41) is 10.6. The van der Waals surface area contributed by atoms with Gasteiger partial charge in [0.15, 0.2) is 0 Å². The monoisotopic (exact) mass is 520 g/mol. The van der Waals surface area contributed by atoms with Gasteiger partial charge in [0, 0.05) is 24.1 Å². The van der Waals surface area contributed by atoms with Crippen LogP contribution < -0.4 is 16.0 Å². The molecule has 37 heavy (non-hydrogen) atoms. The predicted molar refractivity (Wildman–Crippen MR) is 139 cm³/mol. The molecule has 0 fully saturated rings. The van der Waals surface area contributed by atoms with Crippen molar-refractivity contribution in [1.82, 2.24) is 19.5 Å². The summed E-state index contributed by atoms with van der Waals surface area (Å²) in [5.74, 6) is -0.540. The fraction of sp³-hybridized carbons (Fsp3) is 0.160. The number of hydrogen-bond donors (Lipinski definition) is 3. The van der Waals surface area contributed by atoms with E-state index >= 15 is 0 Å². The Bertz CT molecular complexity index is 1660. The number of benzene rings is 2. The van der Waals surface area contributed by atoms with Gasteiger partial charge >= 0.3 is 5.69 Å². The van der Waals surface area contributed by atoms with Crippen molar-refractivity contribution in [3.8, 4) is 5.88 Å². The molecule has 12 heteroatoms. The number of H-pyrrole nitrogens is 1. The lowest BCUT2D eigenvalue weighted by atomic mass is 10.1. The van der Waals surface area contributed by atoms with Crippen molar-refractivity contribution in [2.75, 3.05) is 4.72 Å². The van der Waals surface area contributed by atoms with E-state index in [1.54, 1.807) is 19.9 Å². The van der Waals surface area contributed by atoms with Crippen LogP contribution in [0.25, 0.3) is 0 Å². The van der Waals surface area contributed by atoms with Gasteiger partial charge in [0.25, 0.3) is 15.6 Å². The molecule has 0 saturated carbocycles. The Hall–Kier alpha value is -4.58. The van der Waals surface area contributed by atoms with Gasteiger partial charge in [-0.3, -0.25) is 19.3 Å². The van der Waals surface area contributed by atoms with E-state index in [4.69, 9.17) is 0 Å². The lowest BCUT2D eigenvalue weighted by molar-refractivity contribution is 0.399. The molecule has 0 amide bonds. The molecule has 2 aromatic heterocycles. The highest BCUT2D eigenvalue weighted by atomic mass is 32.2. The Balaban J connectivity index is 1.53. The van der Waals surface area contributed by atoms with Crippen molar-refractivity contribution in [2.24, 2.45) is 4.99 Å². The van der Waals surface area contributed by atoms with Gasteiger partial charge in [-0.05, 0) is 56.2 Å². The maximum Gasteiger partial charge on any atom is 0.331 e. The first-order chi connectivity index (χ1) is 17.6. The van der Waals surface area contributed by atoms with Crippen LogP contribution in [0.1, 0.15) is 22.5 Å². The summed E-state index contributed by atoms with van der Waals surface area (Å²) in [7, 11) is -3.94. The minimum absolute atomic E-state index is 0.0308. The lowest BCUT2D eigenvalue weighted by Crippen LogP contribution is -2.32. The topological polar surface area (TPSA) is 159 Å². The lowest BCUT2D eigenvalue weighted by Gasteiger charge is -2.09. The zero-order chi connectivity index (χ0) is 26.6. The molecule has 0 unspecified atom stereocenters. The molecule has 4 aromatic rings. The van der Waals surface area contributed by atoms with Gasteiger partial charge in [0.2, 0.25) is 11.8 Å². The molecule has 0 radical (unpaired) electrons. The van der Waals surface area contributed by atoms with E-state index in [1.165, 1.54) is 24.3 Å². The largest absolute Gasteiger partial charge is 0.494 e. The van der Waals surface area contributed by atoms with E-state index in [1.807, 2.05) is 30.3 Å². The van der Waals surface area contributed by atoms with Crippen molar-refractivity contribution >= 4 is 27.9 Å². The highest BCUT2D eigenvalue weighted by molar-refractivity contribution is 7.92.